The third kappa shape index (κ3) is 4.77. The van der Waals surface area contributed by atoms with Crippen LogP contribution in [0.5, 0.6) is 5.75 Å². The molecule has 0 bridgehead atoms. The number of anilines is 1. The summed E-state index contributed by atoms with van der Waals surface area (Å²) in [4.78, 5) is 12.9. The van der Waals surface area contributed by atoms with Crippen molar-refractivity contribution in [2.45, 2.75) is 45.8 Å². The van der Waals surface area contributed by atoms with E-state index < -0.39 is 0 Å². The second-order valence-corrected chi connectivity index (χ2v) is 7.60. The lowest BCUT2D eigenvalue weighted by atomic mass is 10.1. The summed E-state index contributed by atoms with van der Waals surface area (Å²) < 4.78 is 13.1. The summed E-state index contributed by atoms with van der Waals surface area (Å²) in [6.45, 7) is 3.86. The lowest BCUT2D eigenvalue weighted by molar-refractivity contribution is 0.102. The van der Waals surface area contributed by atoms with Gasteiger partial charge in [0.1, 0.15) is 11.6 Å². The largest absolute Gasteiger partial charge is 0.496 e. The molecule has 0 saturated carbocycles. The number of benzene rings is 2. The highest BCUT2D eigenvalue weighted by atomic mass is 16.5. The van der Waals surface area contributed by atoms with Gasteiger partial charge in [0.25, 0.3) is 5.91 Å². The van der Waals surface area contributed by atoms with Gasteiger partial charge < -0.3 is 19.4 Å². The quantitative estimate of drug-likeness (QED) is 0.610. The van der Waals surface area contributed by atoms with Crippen LogP contribution in [0, 0.1) is 0 Å². The Balaban J connectivity index is 1.54. The van der Waals surface area contributed by atoms with E-state index in [1.807, 2.05) is 37.3 Å². The standard InChI is InChI=1S/C24H28N4O3/c1-3-31-16-19-14-18(11-12-21(19)30-2)24(29)25-20-9-7-8-17(15-20)23-27-26-22-10-5-4-6-13-28(22)23/h7-9,11-12,14-15H,3-6,10,13,16H2,1-2H3,(H,25,29). The molecule has 0 radical (unpaired) electrons. The fourth-order valence-electron chi connectivity index (χ4n) is 3.88. The van der Waals surface area contributed by atoms with Crippen LogP contribution < -0.4 is 10.1 Å². The minimum atomic E-state index is -0.183. The molecule has 0 aliphatic carbocycles. The number of ether oxygens (including phenoxy) is 2. The molecule has 0 spiro atoms. The number of aromatic nitrogens is 3. The number of carbonyl (C=O) groups excluding carboxylic acids is 1. The van der Waals surface area contributed by atoms with E-state index in [9.17, 15) is 4.79 Å². The zero-order valence-corrected chi connectivity index (χ0v) is 18.1. The monoisotopic (exact) mass is 420 g/mol. The Morgan fingerprint density at radius 3 is 2.87 bits per heavy atom. The number of carbonyl (C=O) groups is 1. The molecular formula is C24H28N4O3. The van der Waals surface area contributed by atoms with Gasteiger partial charge in [-0.05, 0) is 50.1 Å². The number of fused-ring (bicyclic) bond motifs is 1. The number of aryl methyl sites for hydroxylation is 1. The first-order chi connectivity index (χ1) is 15.2. The van der Waals surface area contributed by atoms with Gasteiger partial charge in [-0.25, -0.2) is 0 Å². The number of hydrogen-bond acceptors (Lipinski definition) is 5. The predicted molar refractivity (Wildman–Crippen MR) is 119 cm³/mol. The van der Waals surface area contributed by atoms with Crippen molar-refractivity contribution in [2.24, 2.45) is 0 Å². The Bertz CT molecular complexity index is 1060. The van der Waals surface area contributed by atoms with Crippen LogP contribution in [0.3, 0.4) is 0 Å². The highest BCUT2D eigenvalue weighted by Crippen LogP contribution is 2.26. The third-order valence-electron chi connectivity index (χ3n) is 5.49. The van der Waals surface area contributed by atoms with Crippen LogP contribution in [-0.2, 0) is 24.3 Å². The number of nitrogens with one attached hydrogen (secondary N) is 1. The van der Waals surface area contributed by atoms with Crippen LogP contribution in [0.2, 0.25) is 0 Å². The van der Waals surface area contributed by atoms with Gasteiger partial charge >= 0.3 is 0 Å². The van der Waals surface area contributed by atoms with Gasteiger partial charge in [-0.2, -0.15) is 0 Å². The van der Waals surface area contributed by atoms with Crippen LogP contribution in [0.4, 0.5) is 5.69 Å². The van der Waals surface area contributed by atoms with Gasteiger partial charge in [-0.15, -0.1) is 10.2 Å². The van der Waals surface area contributed by atoms with E-state index in [0.29, 0.717) is 24.5 Å². The van der Waals surface area contributed by atoms with Crippen LogP contribution in [-0.4, -0.2) is 34.4 Å². The van der Waals surface area contributed by atoms with Gasteiger partial charge in [-0.1, -0.05) is 18.6 Å². The lowest BCUT2D eigenvalue weighted by Gasteiger charge is -2.12. The number of amides is 1. The molecule has 0 saturated heterocycles. The van der Waals surface area contributed by atoms with Gasteiger partial charge in [0.15, 0.2) is 5.82 Å². The normalized spacial score (nSPS) is 13.4. The van der Waals surface area contributed by atoms with E-state index in [2.05, 4.69) is 20.1 Å². The van der Waals surface area contributed by atoms with Crippen molar-refractivity contribution in [3.63, 3.8) is 0 Å². The van der Waals surface area contributed by atoms with E-state index >= 15 is 0 Å². The van der Waals surface area contributed by atoms with Crippen molar-refractivity contribution >= 4 is 11.6 Å². The third-order valence-corrected chi connectivity index (χ3v) is 5.49. The van der Waals surface area contributed by atoms with Gasteiger partial charge in [0.05, 0.1) is 13.7 Å². The molecule has 7 heteroatoms. The average molecular weight is 421 g/mol. The topological polar surface area (TPSA) is 78.3 Å². The van der Waals surface area contributed by atoms with Crippen molar-refractivity contribution in [3.8, 4) is 17.1 Å². The van der Waals surface area contributed by atoms with E-state index in [0.717, 1.165) is 54.3 Å². The summed E-state index contributed by atoms with van der Waals surface area (Å²) in [6, 6.07) is 13.1. The molecule has 1 aliphatic rings. The summed E-state index contributed by atoms with van der Waals surface area (Å²) in [5.74, 6) is 2.43. The molecule has 7 nitrogen and oxygen atoms in total. The Kier molecular flexibility index (Phi) is 6.62. The van der Waals surface area contributed by atoms with Gasteiger partial charge in [0, 0.05) is 42.0 Å². The minimum Gasteiger partial charge on any atom is -0.496 e. The summed E-state index contributed by atoms with van der Waals surface area (Å²) in [5.41, 5.74) is 3.06. The molecule has 1 amide bonds. The number of rotatable bonds is 7. The highest BCUT2D eigenvalue weighted by Gasteiger charge is 2.17. The summed E-state index contributed by atoms with van der Waals surface area (Å²) in [6.07, 6.45) is 4.47. The molecule has 0 unspecified atom stereocenters. The maximum atomic E-state index is 12.9. The minimum absolute atomic E-state index is 0.183. The van der Waals surface area contributed by atoms with Crippen LogP contribution in [0.25, 0.3) is 11.4 Å². The molecule has 2 aromatic carbocycles. The van der Waals surface area contributed by atoms with Crippen molar-refractivity contribution in [2.75, 3.05) is 19.0 Å². The SMILES string of the molecule is CCOCc1cc(C(=O)Nc2cccc(-c3nnc4n3CCCCC4)c2)ccc1OC. The molecule has 162 valence electrons. The first-order valence-electron chi connectivity index (χ1n) is 10.8. The second-order valence-electron chi connectivity index (χ2n) is 7.60. The summed E-state index contributed by atoms with van der Waals surface area (Å²) in [7, 11) is 1.61. The van der Waals surface area contributed by atoms with E-state index in [4.69, 9.17) is 9.47 Å². The van der Waals surface area contributed by atoms with Crippen molar-refractivity contribution < 1.29 is 14.3 Å². The zero-order valence-electron chi connectivity index (χ0n) is 18.1. The molecule has 1 aliphatic heterocycles. The fraction of sp³-hybridized carbons (Fsp3) is 0.375. The Labute approximate surface area is 182 Å². The Hall–Kier alpha value is -3.19. The average Bonchev–Trinajstić information content (AvgIpc) is 3.05. The molecule has 4 rings (SSSR count). The Morgan fingerprint density at radius 1 is 1.13 bits per heavy atom. The molecule has 3 aromatic rings. The van der Waals surface area contributed by atoms with Crippen LogP contribution in [0.1, 0.15) is 47.9 Å². The predicted octanol–water partition coefficient (Wildman–Crippen LogP) is 4.47. The first-order valence-corrected chi connectivity index (χ1v) is 10.8. The zero-order chi connectivity index (χ0) is 21.6. The molecule has 2 heterocycles. The highest BCUT2D eigenvalue weighted by molar-refractivity contribution is 6.04. The summed E-state index contributed by atoms with van der Waals surface area (Å²) >= 11 is 0. The summed E-state index contributed by atoms with van der Waals surface area (Å²) in [5, 5.41) is 11.8. The van der Waals surface area contributed by atoms with Crippen molar-refractivity contribution in [1.29, 1.82) is 0 Å². The van der Waals surface area contributed by atoms with Crippen molar-refractivity contribution in [1.82, 2.24) is 14.8 Å². The molecule has 0 fully saturated rings. The maximum Gasteiger partial charge on any atom is 0.255 e. The molecular weight excluding hydrogens is 392 g/mol. The smallest absolute Gasteiger partial charge is 0.255 e. The lowest BCUT2D eigenvalue weighted by Crippen LogP contribution is -2.13. The second kappa shape index (κ2) is 9.75. The van der Waals surface area contributed by atoms with Gasteiger partial charge in [-0.3, -0.25) is 4.79 Å². The van der Waals surface area contributed by atoms with E-state index in [1.165, 1.54) is 6.42 Å². The molecule has 31 heavy (non-hydrogen) atoms. The molecule has 1 N–H and O–H groups in total. The van der Waals surface area contributed by atoms with Gasteiger partial charge in [0.2, 0.25) is 0 Å². The molecule has 0 atom stereocenters. The number of methoxy groups -OCH3 is 1. The van der Waals surface area contributed by atoms with E-state index in [1.54, 1.807) is 19.2 Å². The van der Waals surface area contributed by atoms with Crippen LogP contribution in [0.15, 0.2) is 42.5 Å². The number of hydrogen-bond donors (Lipinski definition) is 1. The van der Waals surface area contributed by atoms with Crippen molar-refractivity contribution in [3.05, 3.63) is 59.4 Å². The maximum absolute atomic E-state index is 12.9. The van der Waals surface area contributed by atoms with E-state index in [-0.39, 0.29) is 5.91 Å². The first kappa shape index (κ1) is 21.1. The Morgan fingerprint density at radius 2 is 2.03 bits per heavy atom. The number of nitrogens with zero attached hydrogens (tertiary/aromatic N) is 3. The fourth-order valence-corrected chi connectivity index (χ4v) is 3.88. The van der Waals surface area contributed by atoms with Crippen LogP contribution >= 0.6 is 0 Å². The molecule has 1 aromatic heterocycles.